The molecule has 1 heterocycles. The van der Waals surface area contributed by atoms with Crippen LogP contribution in [0.1, 0.15) is 33.6 Å². The molecule has 0 aromatic rings. The third-order valence-electron chi connectivity index (χ3n) is 2.52. The Morgan fingerprint density at radius 3 is 2.75 bits per heavy atom. The standard InChI is InChI=1S/C9H17NOS/c1-4-9-7(3)8(10-11)5-6(2)12-9/h6-7,9,11H,4-5H2,1-3H3/b10-8+/t6-,7+,9-/m0/s1. The predicted molar refractivity (Wildman–Crippen MR) is 54.1 cm³/mol. The number of hydrogen-bond donors (Lipinski definition) is 1. The van der Waals surface area contributed by atoms with Gasteiger partial charge in [-0.05, 0) is 6.42 Å². The second-order valence-corrected chi connectivity index (χ2v) is 5.16. The number of oxime groups is 1. The molecule has 3 atom stereocenters. The van der Waals surface area contributed by atoms with Gasteiger partial charge in [-0.3, -0.25) is 0 Å². The van der Waals surface area contributed by atoms with Crippen molar-refractivity contribution in [2.24, 2.45) is 11.1 Å². The van der Waals surface area contributed by atoms with Gasteiger partial charge in [0.25, 0.3) is 0 Å². The summed E-state index contributed by atoms with van der Waals surface area (Å²) in [5, 5.41) is 13.4. The molecular formula is C9H17NOS. The Labute approximate surface area is 78.4 Å². The summed E-state index contributed by atoms with van der Waals surface area (Å²) in [6.45, 7) is 6.55. The van der Waals surface area contributed by atoms with E-state index in [1.54, 1.807) is 0 Å². The highest BCUT2D eigenvalue weighted by molar-refractivity contribution is 8.00. The van der Waals surface area contributed by atoms with Gasteiger partial charge in [0.15, 0.2) is 0 Å². The average molecular weight is 187 g/mol. The minimum Gasteiger partial charge on any atom is -0.411 e. The van der Waals surface area contributed by atoms with Crippen LogP contribution >= 0.6 is 11.8 Å². The maximum atomic E-state index is 8.77. The Hall–Kier alpha value is -0.180. The molecule has 1 N–H and O–H groups in total. The summed E-state index contributed by atoms with van der Waals surface area (Å²) < 4.78 is 0. The summed E-state index contributed by atoms with van der Waals surface area (Å²) in [6, 6.07) is 0. The zero-order chi connectivity index (χ0) is 9.14. The molecule has 0 spiro atoms. The molecule has 1 fully saturated rings. The van der Waals surface area contributed by atoms with E-state index in [0.29, 0.717) is 16.4 Å². The zero-order valence-electron chi connectivity index (χ0n) is 7.95. The van der Waals surface area contributed by atoms with E-state index in [1.807, 2.05) is 11.8 Å². The van der Waals surface area contributed by atoms with Crippen LogP contribution in [0.5, 0.6) is 0 Å². The van der Waals surface area contributed by atoms with Gasteiger partial charge in [0.1, 0.15) is 0 Å². The molecule has 0 radical (unpaired) electrons. The molecular weight excluding hydrogens is 170 g/mol. The Bertz CT molecular complexity index is 181. The molecule has 3 heteroatoms. The van der Waals surface area contributed by atoms with Gasteiger partial charge in [-0.2, -0.15) is 11.8 Å². The van der Waals surface area contributed by atoms with Crippen LogP contribution < -0.4 is 0 Å². The second-order valence-electron chi connectivity index (χ2n) is 3.48. The van der Waals surface area contributed by atoms with Crippen molar-refractivity contribution in [3.05, 3.63) is 0 Å². The van der Waals surface area contributed by atoms with Crippen LogP contribution in [0.4, 0.5) is 0 Å². The van der Waals surface area contributed by atoms with Gasteiger partial charge in [-0.1, -0.05) is 25.9 Å². The molecule has 0 amide bonds. The van der Waals surface area contributed by atoms with Gasteiger partial charge >= 0.3 is 0 Å². The lowest BCUT2D eigenvalue weighted by Gasteiger charge is -2.32. The quantitative estimate of drug-likeness (QED) is 0.505. The van der Waals surface area contributed by atoms with E-state index in [4.69, 9.17) is 5.21 Å². The predicted octanol–water partition coefficient (Wildman–Crippen LogP) is 2.76. The van der Waals surface area contributed by atoms with E-state index in [0.717, 1.165) is 18.6 Å². The van der Waals surface area contributed by atoms with Gasteiger partial charge in [-0.15, -0.1) is 0 Å². The van der Waals surface area contributed by atoms with Crippen LogP contribution in [0.2, 0.25) is 0 Å². The molecule has 70 valence electrons. The molecule has 2 nitrogen and oxygen atoms in total. The molecule has 1 aliphatic heterocycles. The normalized spacial score (nSPS) is 40.2. The third kappa shape index (κ3) is 1.94. The minimum atomic E-state index is 0.446. The van der Waals surface area contributed by atoms with Crippen molar-refractivity contribution >= 4 is 17.5 Å². The topological polar surface area (TPSA) is 32.6 Å². The van der Waals surface area contributed by atoms with Crippen LogP contribution in [-0.2, 0) is 0 Å². The van der Waals surface area contributed by atoms with E-state index in [2.05, 4.69) is 25.9 Å². The Morgan fingerprint density at radius 2 is 2.25 bits per heavy atom. The van der Waals surface area contributed by atoms with Crippen molar-refractivity contribution in [2.75, 3.05) is 0 Å². The van der Waals surface area contributed by atoms with Crippen LogP contribution in [0.15, 0.2) is 5.16 Å². The first-order valence-electron chi connectivity index (χ1n) is 4.55. The summed E-state index contributed by atoms with van der Waals surface area (Å²) in [7, 11) is 0. The van der Waals surface area contributed by atoms with Crippen LogP contribution in [0, 0.1) is 5.92 Å². The summed E-state index contributed by atoms with van der Waals surface area (Å²) in [5.41, 5.74) is 0.980. The monoisotopic (exact) mass is 187 g/mol. The fraction of sp³-hybridized carbons (Fsp3) is 0.889. The SMILES string of the molecule is CC[C@@H]1S[C@@H](C)C/C(=N\O)[C@H]1C. The smallest absolute Gasteiger partial charge is 0.0620 e. The summed E-state index contributed by atoms with van der Waals surface area (Å²) in [5.74, 6) is 0.446. The summed E-state index contributed by atoms with van der Waals surface area (Å²) in [6.07, 6.45) is 2.11. The van der Waals surface area contributed by atoms with Crippen molar-refractivity contribution in [3.63, 3.8) is 0 Å². The highest BCUT2D eigenvalue weighted by Gasteiger charge is 2.29. The molecule has 0 unspecified atom stereocenters. The van der Waals surface area contributed by atoms with Gasteiger partial charge in [0.2, 0.25) is 0 Å². The first-order valence-corrected chi connectivity index (χ1v) is 5.49. The molecule has 12 heavy (non-hydrogen) atoms. The van der Waals surface area contributed by atoms with E-state index < -0.39 is 0 Å². The van der Waals surface area contributed by atoms with Crippen molar-refractivity contribution in [1.82, 2.24) is 0 Å². The first-order chi connectivity index (χ1) is 5.69. The van der Waals surface area contributed by atoms with E-state index >= 15 is 0 Å². The Balaban J connectivity index is 2.68. The fourth-order valence-corrected chi connectivity index (χ4v) is 3.19. The van der Waals surface area contributed by atoms with Gasteiger partial charge in [0.05, 0.1) is 5.71 Å². The van der Waals surface area contributed by atoms with Crippen molar-refractivity contribution in [3.8, 4) is 0 Å². The second kappa shape index (κ2) is 4.17. The lowest BCUT2D eigenvalue weighted by atomic mass is 9.95. The number of thioether (sulfide) groups is 1. The first kappa shape index (κ1) is 9.90. The minimum absolute atomic E-state index is 0.446. The maximum Gasteiger partial charge on any atom is 0.0620 e. The zero-order valence-corrected chi connectivity index (χ0v) is 8.77. The lowest BCUT2D eigenvalue weighted by molar-refractivity contribution is 0.312. The lowest BCUT2D eigenvalue weighted by Crippen LogP contribution is -2.32. The average Bonchev–Trinajstić information content (AvgIpc) is 2.08. The van der Waals surface area contributed by atoms with Gasteiger partial charge in [0, 0.05) is 22.8 Å². The largest absolute Gasteiger partial charge is 0.411 e. The number of nitrogens with zero attached hydrogens (tertiary/aromatic N) is 1. The van der Waals surface area contributed by atoms with Crippen molar-refractivity contribution in [1.29, 1.82) is 0 Å². The van der Waals surface area contributed by atoms with E-state index in [1.165, 1.54) is 0 Å². The molecule has 1 saturated heterocycles. The van der Waals surface area contributed by atoms with E-state index in [9.17, 15) is 0 Å². The van der Waals surface area contributed by atoms with Crippen molar-refractivity contribution in [2.45, 2.75) is 44.1 Å². The fourth-order valence-electron chi connectivity index (χ4n) is 1.74. The molecule has 0 aromatic carbocycles. The molecule has 0 bridgehead atoms. The molecule has 0 saturated carbocycles. The third-order valence-corrected chi connectivity index (χ3v) is 4.24. The van der Waals surface area contributed by atoms with Gasteiger partial charge < -0.3 is 5.21 Å². The Morgan fingerprint density at radius 1 is 1.58 bits per heavy atom. The summed E-state index contributed by atoms with van der Waals surface area (Å²) in [4.78, 5) is 0. The summed E-state index contributed by atoms with van der Waals surface area (Å²) >= 11 is 2.02. The van der Waals surface area contributed by atoms with Crippen molar-refractivity contribution < 1.29 is 5.21 Å². The molecule has 1 rings (SSSR count). The molecule has 1 aliphatic rings. The van der Waals surface area contributed by atoms with Crippen LogP contribution in [-0.4, -0.2) is 21.4 Å². The van der Waals surface area contributed by atoms with Gasteiger partial charge in [-0.25, -0.2) is 0 Å². The number of hydrogen-bond acceptors (Lipinski definition) is 3. The van der Waals surface area contributed by atoms with Crippen LogP contribution in [0.3, 0.4) is 0 Å². The number of rotatable bonds is 1. The maximum absolute atomic E-state index is 8.77. The molecule has 0 aromatic heterocycles. The molecule has 0 aliphatic carbocycles. The van der Waals surface area contributed by atoms with Crippen LogP contribution in [0.25, 0.3) is 0 Å². The highest BCUT2D eigenvalue weighted by Crippen LogP contribution is 2.35. The highest BCUT2D eigenvalue weighted by atomic mass is 32.2. The Kier molecular flexibility index (Phi) is 3.44. The van der Waals surface area contributed by atoms with E-state index in [-0.39, 0.29) is 0 Å².